The van der Waals surface area contributed by atoms with Crippen molar-refractivity contribution in [2.75, 3.05) is 16.8 Å². The van der Waals surface area contributed by atoms with Crippen LogP contribution in [-0.2, 0) is 11.2 Å². The molecule has 19 heavy (non-hydrogen) atoms. The molecule has 1 heterocycles. The molecule has 0 aliphatic carbocycles. The Morgan fingerprint density at radius 3 is 2.32 bits per heavy atom. The van der Waals surface area contributed by atoms with Gasteiger partial charge in [-0.3, -0.25) is 4.79 Å². The van der Waals surface area contributed by atoms with Gasteiger partial charge in [-0.15, -0.1) is 0 Å². The number of amides is 1. The molecule has 98 valence electrons. The lowest BCUT2D eigenvalue weighted by Crippen LogP contribution is -2.14. The fraction of sp³-hybridized carbons (Fsp3) is 0.167. The van der Waals surface area contributed by atoms with Crippen LogP contribution in [0.2, 0.25) is 0 Å². The zero-order valence-corrected chi connectivity index (χ0v) is 10.2. The fourth-order valence-electron chi connectivity index (χ4n) is 1.54. The third-order valence-corrected chi connectivity index (χ3v) is 2.35. The van der Waals surface area contributed by atoms with Crippen molar-refractivity contribution in [2.45, 2.75) is 12.8 Å². The molecular weight excluding hydrogens is 244 g/mol. The smallest absolute Gasteiger partial charge is 0.225 e. The number of hydrogen-bond donors (Lipinski definition) is 3. The minimum atomic E-state index is -0.122. The highest BCUT2D eigenvalue weighted by atomic mass is 16.1. The number of para-hydroxylation sites is 1. The molecule has 1 aromatic heterocycles. The van der Waals surface area contributed by atoms with Crippen molar-refractivity contribution in [2.24, 2.45) is 0 Å². The average Bonchev–Trinajstić information content (AvgIpc) is 2.36. The number of carbonyl (C=O) groups excluding carboxylic acids is 1. The van der Waals surface area contributed by atoms with Gasteiger partial charge in [0.25, 0.3) is 0 Å². The summed E-state index contributed by atoms with van der Waals surface area (Å²) in [7, 11) is 0. The van der Waals surface area contributed by atoms with E-state index in [2.05, 4.69) is 20.3 Å². The first-order chi connectivity index (χ1) is 9.13. The predicted molar refractivity (Wildman–Crippen MR) is 72.0 cm³/mol. The van der Waals surface area contributed by atoms with Gasteiger partial charge in [-0.05, 0) is 12.1 Å². The van der Waals surface area contributed by atoms with Crippen molar-refractivity contribution < 1.29 is 4.79 Å². The lowest BCUT2D eigenvalue weighted by Gasteiger charge is -2.05. The van der Waals surface area contributed by atoms with Crippen LogP contribution in [0, 0.1) is 0 Å². The van der Waals surface area contributed by atoms with Gasteiger partial charge >= 0.3 is 0 Å². The van der Waals surface area contributed by atoms with E-state index in [9.17, 15) is 4.79 Å². The number of nitrogens with two attached hydrogens (primary N) is 2. The van der Waals surface area contributed by atoms with Gasteiger partial charge in [-0.2, -0.15) is 15.0 Å². The highest BCUT2D eigenvalue weighted by molar-refractivity contribution is 5.90. The number of nitrogen functional groups attached to an aromatic ring is 2. The van der Waals surface area contributed by atoms with E-state index >= 15 is 0 Å². The first-order valence-electron chi connectivity index (χ1n) is 5.74. The van der Waals surface area contributed by atoms with Gasteiger partial charge < -0.3 is 16.8 Å². The van der Waals surface area contributed by atoms with Gasteiger partial charge in [0.1, 0.15) is 5.82 Å². The number of anilines is 3. The van der Waals surface area contributed by atoms with Crippen molar-refractivity contribution in [3.63, 3.8) is 0 Å². The summed E-state index contributed by atoms with van der Waals surface area (Å²) in [4.78, 5) is 23.2. The van der Waals surface area contributed by atoms with Crippen molar-refractivity contribution in [1.29, 1.82) is 0 Å². The van der Waals surface area contributed by atoms with E-state index in [1.54, 1.807) is 0 Å². The van der Waals surface area contributed by atoms with Crippen LogP contribution in [0.15, 0.2) is 30.3 Å². The summed E-state index contributed by atoms with van der Waals surface area (Å²) >= 11 is 0. The Hall–Kier alpha value is -2.70. The summed E-state index contributed by atoms with van der Waals surface area (Å²) < 4.78 is 0. The number of aromatic nitrogens is 3. The van der Waals surface area contributed by atoms with Gasteiger partial charge in [0.2, 0.25) is 17.8 Å². The summed E-state index contributed by atoms with van der Waals surface area (Å²) in [5.41, 5.74) is 11.6. The minimum Gasteiger partial charge on any atom is -0.368 e. The highest BCUT2D eigenvalue weighted by Gasteiger charge is 2.06. The van der Waals surface area contributed by atoms with Crippen LogP contribution in [0.3, 0.4) is 0 Å². The number of nitrogens with one attached hydrogen (secondary N) is 1. The first kappa shape index (κ1) is 12.7. The van der Waals surface area contributed by atoms with E-state index in [0.29, 0.717) is 12.2 Å². The van der Waals surface area contributed by atoms with Crippen LogP contribution in [0.25, 0.3) is 0 Å². The topological polar surface area (TPSA) is 120 Å². The summed E-state index contributed by atoms with van der Waals surface area (Å²) in [5, 5.41) is 2.77. The number of rotatable bonds is 4. The molecule has 0 unspecified atom stereocenters. The third-order valence-electron chi connectivity index (χ3n) is 2.35. The highest BCUT2D eigenvalue weighted by Crippen LogP contribution is 2.07. The molecule has 7 heteroatoms. The summed E-state index contributed by atoms with van der Waals surface area (Å²) in [6, 6.07) is 9.21. The summed E-state index contributed by atoms with van der Waals surface area (Å²) in [6.45, 7) is 0. The molecule has 7 nitrogen and oxygen atoms in total. The van der Waals surface area contributed by atoms with Crippen LogP contribution >= 0.6 is 0 Å². The maximum atomic E-state index is 11.7. The summed E-state index contributed by atoms with van der Waals surface area (Å²) in [6.07, 6.45) is 0.605. The number of aryl methyl sites for hydroxylation is 1. The number of hydrogen-bond acceptors (Lipinski definition) is 6. The van der Waals surface area contributed by atoms with E-state index in [0.717, 1.165) is 5.69 Å². The molecule has 0 atom stereocenters. The van der Waals surface area contributed by atoms with Crippen molar-refractivity contribution in [3.05, 3.63) is 36.2 Å². The Labute approximate surface area is 110 Å². The van der Waals surface area contributed by atoms with E-state index < -0.39 is 0 Å². The van der Waals surface area contributed by atoms with Gasteiger partial charge in [-0.25, -0.2) is 0 Å². The van der Waals surface area contributed by atoms with Gasteiger partial charge in [0.05, 0.1) is 0 Å². The lowest BCUT2D eigenvalue weighted by atomic mass is 10.2. The molecule has 0 radical (unpaired) electrons. The van der Waals surface area contributed by atoms with Crippen LogP contribution in [0.4, 0.5) is 17.6 Å². The van der Waals surface area contributed by atoms with Crippen LogP contribution in [0.1, 0.15) is 12.2 Å². The molecule has 0 aliphatic rings. The number of carbonyl (C=O) groups is 1. The molecule has 0 bridgehead atoms. The Kier molecular flexibility index (Phi) is 3.87. The Bertz CT molecular complexity index is 551. The average molecular weight is 258 g/mol. The molecule has 0 spiro atoms. The zero-order chi connectivity index (χ0) is 13.7. The largest absolute Gasteiger partial charge is 0.368 e. The van der Waals surface area contributed by atoms with Crippen LogP contribution in [-0.4, -0.2) is 20.9 Å². The standard InChI is InChI=1S/C12H14N6O/c13-11-16-9(17-12(14)18-11)6-7-10(19)15-8-4-2-1-3-5-8/h1-5H,6-7H2,(H,15,19)(H4,13,14,16,17,18). The molecule has 1 amide bonds. The Morgan fingerprint density at radius 2 is 1.68 bits per heavy atom. The maximum absolute atomic E-state index is 11.7. The second kappa shape index (κ2) is 5.76. The molecule has 5 N–H and O–H groups in total. The summed E-state index contributed by atoms with van der Waals surface area (Å²) in [5.74, 6) is 0.411. The molecule has 0 fully saturated rings. The quantitative estimate of drug-likeness (QED) is 0.739. The maximum Gasteiger partial charge on any atom is 0.225 e. The molecule has 2 aromatic rings. The molecule has 0 saturated heterocycles. The van der Waals surface area contributed by atoms with Crippen molar-refractivity contribution in [3.8, 4) is 0 Å². The molecule has 2 rings (SSSR count). The van der Waals surface area contributed by atoms with Gasteiger partial charge in [-0.1, -0.05) is 18.2 Å². The molecule has 0 saturated carbocycles. The second-order valence-electron chi connectivity index (χ2n) is 3.88. The monoisotopic (exact) mass is 258 g/mol. The molecular formula is C12H14N6O. The van der Waals surface area contributed by atoms with Gasteiger partial charge in [0, 0.05) is 18.5 Å². The lowest BCUT2D eigenvalue weighted by molar-refractivity contribution is -0.116. The normalized spacial score (nSPS) is 10.1. The zero-order valence-electron chi connectivity index (χ0n) is 10.2. The first-order valence-corrected chi connectivity index (χ1v) is 5.74. The van der Waals surface area contributed by atoms with E-state index in [4.69, 9.17) is 11.5 Å². The fourth-order valence-corrected chi connectivity index (χ4v) is 1.54. The molecule has 0 aliphatic heterocycles. The van der Waals surface area contributed by atoms with E-state index in [-0.39, 0.29) is 24.2 Å². The molecule has 1 aromatic carbocycles. The van der Waals surface area contributed by atoms with Crippen LogP contribution < -0.4 is 16.8 Å². The second-order valence-corrected chi connectivity index (χ2v) is 3.88. The SMILES string of the molecule is Nc1nc(N)nc(CCC(=O)Nc2ccccc2)n1. The van der Waals surface area contributed by atoms with Crippen LogP contribution in [0.5, 0.6) is 0 Å². The number of benzene rings is 1. The van der Waals surface area contributed by atoms with Crippen molar-refractivity contribution >= 4 is 23.5 Å². The third kappa shape index (κ3) is 3.91. The Morgan fingerprint density at radius 1 is 1.05 bits per heavy atom. The van der Waals surface area contributed by atoms with Gasteiger partial charge in [0.15, 0.2) is 0 Å². The van der Waals surface area contributed by atoms with E-state index in [1.165, 1.54) is 0 Å². The minimum absolute atomic E-state index is 0.0611. The number of nitrogens with zero attached hydrogens (tertiary/aromatic N) is 3. The van der Waals surface area contributed by atoms with Crippen molar-refractivity contribution in [1.82, 2.24) is 15.0 Å². The predicted octanol–water partition coefficient (Wildman–Crippen LogP) is 0.607. The van der Waals surface area contributed by atoms with E-state index in [1.807, 2.05) is 30.3 Å². The Balaban J connectivity index is 1.90.